The monoisotopic (exact) mass is 422 g/mol. The van der Waals surface area contributed by atoms with Crippen LogP contribution in [0, 0.1) is 6.92 Å². The number of benzene rings is 2. The average Bonchev–Trinajstić information content (AvgIpc) is 2.96. The van der Waals surface area contributed by atoms with E-state index in [1.807, 2.05) is 49.4 Å². The van der Waals surface area contributed by atoms with Crippen LogP contribution in [0.4, 0.5) is 0 Å². The van der Waals surface area contributed by atoms with Gasteiger partial charge in [0.2, 0.25) is 5.82 Å². The summed E-state index contributed by atoms with van der Waals surface area (Å²) in [5, 5.41) is 3.98. The molecule has 6 heteroatoms. The summed E-state index contributed by atoms with van der Waals surface area (Å²) >= 11 is 6.82. The number of ether oxygens (including phenoxy) is 1. The molecule has 3 rings (SSSR count). The first-order valence-electron chi connectivity index (χ1n) is 6.59. The number of aryl methyl sites for hydroxylation is 1. The third kappa shape index (κ3) is 3.56. The van der Waals surface area contributed by atoms with Gasteiger partial charge in [0, 0.05) is 14.5 Å². The minimum atomic E-state index is 0.242. The van der Waals surface area contributed by atoms with Crippen LogP contribution >= 0.6 is 31.9 Å². The largest absolute Gasteiger partial charge is 0.483 e. The molecule has 2 aromatic carbocycles. The molecule has 0 N–H and O–H groups in total. The number of hydrogen-bond donors (Lipinski definition) is 0. The van der Waals surface area contributed by atoms with Crippen molar-refractivity contribution in [1.82, 2.24) is 10.1 Å². The average molecular weight is 424 g/mol. The van der Waals surface area contributed by atoms with E-state index in [0.29, 0.717) is 11.7 Å². The summed E-state index contributed by atoms with van der Waals surface area (Å²) in [4.78, 5) is 4.35. The van der Waals surface area contributed by atoms with Crippen molar-refractivity contribution in [2.24, 2.45) is 0 Å². The molecular weight excluding hydrogens is 412 g/mol. The Morgan fingerprint density at radius 1 is 1.05 bits per heavy atom. The van der Waals surface area contributed by atoms with Gasteiger partial charge in [-0.25, -0.2) is 0 Å². The van der Waals surface area contributed by atoms with Crippen molar-refractivity contribution >= 4 is 31.9 Å². The Kier molecular flexibility index (Phi) is 4.59. The third-order valence-corrected chi connectivity index (χ3v) is 4.08. The maximum absolute atomic E-state index is 5.72. The lowest BCUT2D eigenvalue weighted by Crippen LogP contribution is -1.97. The Hall–Kier alpha value is -1.66. The van der Waals surface area contributed by atoms with E-state index in [4.69, 9.17) is 9.26 Å². The summed E-state index contributed by atoms with van der Waals surface area (Å²) in [5.41, 5.74) is 1.94. The summed E-state index contributed by atoms with van der Waals surface area (Å²) in [7, 11) is 0. The summed E-state index contributed by atoms with van der Waals surface area (Å²) in [6.45, 7) is 2.23. The first kappa shape index (κ1) is 15.2. The predicted molar refractivity (Wildman–Crippen MR) is 90.6 cm³/mol. The smallest absolute Gasteiger partial charge is 0.264 e. The highest BCUT2D eigenvalue weighted by molar-refractivity contribution is 9.10. The van der Waals surface area contributed by atoms with E-state index in [-0.39, 0.29) is 6.61 Å². The molecule has 0 fully saturated rings. The molecule has 1 aromatic heterocycles. The molecular formula is C16H12Br2N2O2. The molecule has 0 amide bonds. The molecule has 0 atom stereocenters. The molecule has 0 saturated carbocycles. The Morgan fingerprint density at radius 3 is 2.50 bits per heavy atom. The van der Waals surface area contributed by atoms with Crippen LogP contribution < -0.4 is 4.74 Å². The summed E-state index contributed by atoms with van der Waals surface area (Å²) in [5.74, 6) is 1.80. The van der Waals surface area contributed by atoms with E-state index >= 15 is 0 Å². The van der Waals surface area contributed by atoms with E-state index in [1.165, 1.54) is 0 Å². The number of hydrogen-bond acceptors (Lipinski definition) is 4. The molecule has 0 radical (unpaired) electrons. The lowest BCUT2D eigenvalue weighted by atomic mass is 10.2. The lowest BCUT2D eigenvalue weighted by molar-refractivity contribution is 0.241. The van der Waals surface area contributed by atoms with Crippen molar-refractivity contribution in [2.45, 2.75) is 13.5 Å². The maximum Gasteiger partial charge on any atom is 0.264 e. The zero-order chi connectivity index (χ0) is 15.5. The Labute approximate surface area is 144 Å². The van der Waals surface area contributed by atoms with Crippen LogP contribution in [-0.4, -0.2) is 10.1 Å². The number of halogens is 2. The van der Waals surface area contributed by atoms with E-state index in [2.05, 4.69) is 42.0 Å². The molecule has 3 aromatic rings. The molecule has 0 aliphatic rings. The van der Waals surface area contributed by atoms with Crippen molar-refractivity contribution < 1.29 is 9.26 Å². The molecule has 0 spiro atoms. The Balaban J connectivity index is 1.70. The highest BCUT2D eigenvalue weighted by Gasteiger charge is 2.10. The van der Waals surface area contributed by atoms with E-state index in [9.17, 15) is 0 Å². The molecule has 1 heterocycles. The van der Waals surface area contributed by atoms with Crippen molar-refractivity contribution in [2.75, 3.05) is 0 Å². The predicted octanol–water partition coefficient (Wildman–Crippen LogP) is 5.15. The Morgan fingerprint density at radius 2 is 1.77 bits per heavy atom. The van der Waals surface area contributed by atoms with Gasteiger partial charge in [-0.15, -0.1) is 0 Å². The zero-order valence-corrected chi connectivity index (χ0v) is 14.9. The van der Waals surface area contributed by atoms with E-state index in [0.717, 1.165) is 25.8 Å². The van der Waals surface area contributed by atoms with E-state index in [1.54, 1.807) is 0 Å². The van der Waals surface area contributed by atoms with Crippen molar-refractivity contribution in [1.29, 1.82) is 0 Å². The van der Waals surface area contributed by atoms with Gasteiger partial charge in [-0.2, -0.15) is 4.98 Å². The molecule has 0 unspecified atom stereocenters. The van der Waals surface area contributed by atoms with Gasteiger partial charge in [0.1, 0.15) is 5.75 Å². The van der Waals surface area contributed by atoms with Crippen molar-refractivity contribution in [3.8, 4) is 17.1 Å². The second-order valence-electron chi connectivity index (χ2n) is 4.72. The maximum atomic E-state index is 5.72. The van der Waals surface area contributed by atoms with Crippen LogP contribution in [0.5, 0.6) is 5.75 Å². The zero-order valence-electron chi connectivity index (χ0n) is 11.7. The standard InChI is InChI=1S/C16H12Br2N2O2/c1-10-8-13(18)6-7-14(10)21-9-15-19-16(20-22-15)11-2-4-12(17)5-3-11/h2-8H,9H2,1H3. The van der Waals surface area contributed by atoms with Crippen molar-refractivity contribution in [3.05, 3.63) is 62.9 Å². The van der Waals surface area contributed by atoms with Gasteiger partial charge in [-0.3, -0.25) is 0 Å². The highest BCUT2D eigenvalue weighted by atomic mass is 79.9. The molecule has 0 saturated heterocycles. The molecule has 0 aliphatic heterocycles. The van der Waals surface area contributed by atoms with Crippen LogP contribution in [0.15, 0.2) is 55.9 Å². The van der Waals surface area contributed by atoms with Gasteiger partial charge in [0.05, 0.1) is 0 Å². The fourth-order valence-electron chi connectivity index (χ4n) is 1.94. The van der Waals surface area contributed by atoms with Gasteiger partial charge < -0.3 is 9.26 Å². The second kappa shape index (κ2) is 6.62. The van der Waals surface area contributed by atoms with Crippen LogP contribution in [0.25, 0.3) is 11.4 Å². The van der Waals surface area contributed by atoms with Gasteiger partial charge >= 0.3 is 0 Å². The van der Waals surface area contributed by atoms with Crippen LogP contribution in [0.1, 0.15) is 11.5 Å². The summed E-state index contributed by atoms with van der Waals surface area (Å²) < 4.78 is 13.0. The molecule has 0 bridgehead atoms. The first-order valence-corrected chi connectivity index (χ1v) is 8.18. The minimum absolute atomic E-state index is 0.242. The quantitative estimate of drug-likeness (QED) is 0.582. The van der Waals surface area contributed by atoms with Crippen LogP contribution in [-0.2, 0) is 6.61 Å². The van der Waals surface area contributed by atoms with Gasteiger partial charge in [-0.1, -0.05) is 37.0 Å². The fourth-order valence-corrected chi connectivity index (χ4v) is 2.68. The fraction of sp³-hybridized carbons (Fsp3) is 0.125. The summed E-state index contributed by atoms with van der Waals surface area (Å²) in [6, 6.07) is 13.6. The number of aromatic nitrogens is 2. The SMILES string of the molecule is Cc1cc(Br)ccc1OCc1nc(-c2ccc(Br)cc2)no1. The molecule has 22 heavy (non-hydrogen) atoms. The third-order valence-electron chi connectivity index (χ3n) is 3.06. The normalized spacial score (nSPS) is 10.7. The highest BCUT2D eigenvalue weighted by Crippen LogP contribution is 2.23. The molecule has 112 valence electrons. The van der Waals surface area contributed by atoms with Crippen LogP contribution in [0.3, 0.4) is 0 Å². The van der Waals surface area contributed by atoms with Crippen molar-refractivity contribution in [3.63, 3.8) is 0 Å². The molecule has 4 nitrogen and oxygen atoms in total. The Bertz CT molecular complexity index is 785. The van der Waals surface area contributed by atoms with E-state index < -0.39 is 0 Å². The van der Waals surface area contributed by atoms with Gasteiger partial charge in [0.15, 0.2) is 6.61 Å². The topological polar surface area (TPSA) is 48.2 Å². The first-order chi connectivity index (χ1) is 10.6. The lowest BCUT2D eigenvalue weighted by Gasteiger charge is -2.06. The van der Waals surface area contributed by atoms with Gasteiger partial charge in [-0.05, 0) is 55.0 Å². The summed E-state index contributed by atoms with van der Waals surface area (Å²) in [6.07, 6.45) is 0. The van der Waals surface area contributed by atoms with Gasteiger partial charge in [0.25, 0.3) is 5.89 Å². The molecule has 0 aliphatic carbocycles. The second-order valence-corrected chi connectivity index (χ2v) is 6.55. The minimum Gasteiger partial charge on any atom is -0.483 e. The van der Waals surface area contributed by atoms with Crippen LogP contribution in [0.2, 0.25) is 0 Å². The number of nitrogens with zero attached hydrogens (tertiary/aromatic N) is 2. The number of rotatable bonds is 4.